The van der Waals surface area contributed by atoms with E-state index in [1.807, 2.05) is 0 Å². The number of halogens is 1. The van der Waals surface area contributed by atoms with Crippen LogP contribution in [0.15, 0.2) is 24.3 Å². The van der Waals surface area contributed by atoms with Crippen LogP contribution in [-0.2, 0) is 16.0 Å². The lowest BCUT2D eigenvalue weighted by atomic mass is 10.0. The van der Waals surface area contributed by atoms with E-state index < -0.39 is 6.04 Å². The predicted octanol–water partition coefficient (Wildman–Crippen LogP) is 2.70. The number of Topliss-reactive ketones (excluding diaryl/α,β-unsaturated/α-hetero) is 1. The molecule has 2 amide bonds. The fraction of sp³-hybridized carbons (Fsp3) is 0.350. The molecule has 28 heavy (non-hydrogen) atoms. The van der Waals surface area contributed by atoms with E-state index in [0.717, 1.165) is 10.4 Å². The molecule has 1 aromatic carbocycles. The molecule has 2 heterocycles. The molecule has 2 N–H and O–H groups in total. The number of ketones is 1. The molecule has 2 aromatic rings. The number of carbonyl (C=O) groups is 3. The third-order valence-electron chi connectivity index (χ3n) is 4.40. The van der Waals surface area contributed by atoms with Crippen LogP contribution >= 0.6 is 11.3 Å². The molecule has 0 aliphatic carbocycles. The van der Waals surface area contributed by atoms with Crippen LogP contribution in [0.1, 0.15) is 36.0 Å². The maximum atomic E-state index is 14.1. The Labute approximate surface area is 166 Å². The van der Waals surface area contributed by atoms with E-state index >= 15 is 0 Å². The minimum Gasteiger partial charge on any atom is -0.487 e. The van der Waals surface area contributed by atoms with Gasteiger partial charge in [-0.25, -0.2) is 4.39 Å². The molecule has 0 radical (unpaired) electrons. The Hall–Kier alpha value is -2.74. The van der Waals surface area contributed by atoms with Crippen LogP contribution in [-0.4, -0.2) is 36.3 Å². The van der Waals surface area contributed by atoms with Gasteiger partial charge in [0.25, 0.3) is 0 Å². The standard InChI is InChI=1S/C20H21FN2O4S/c1-10(23-12(3)25)20(26)22-9-15-7-13-6-14(21)8-16(19(13)27-15)18-5-4-17(28-18)11(2)24/h4-6,8,10,15H,7,9H2,1-3H3,(H,22,26)(H,23,25)/t10-,15?/m0/s1. The number of thiophene rings is 1. The van der Waals surface area contributed by atoms with Crippen molar-refractivity contribution in [1.29, 1.82) is 0 Å². The monoisotopic (exact) mass is 404 g/mol. The number of nitrogens with one attached hydrogen (secondary N) is 2. The van der Waals surface area contributed by atoms with E-state index in [0.29, 0.717) is 22.6 Å². The smallest absolute Gasteiger partial charge is 0.242 e. The third-order valence-corrected chi connectivity index (χ3v) is 5.62. The molecule has 1 aliphatic rings. The molecular weight excluding hydrogens is 383 g/mol. The molecule has 148 valence electrons. The van der Waals surface area contributed by atoms with Crippen LogP contribution in [0.2, 0.25) is 0 Å². The summed E-state index contributed by atoms with van der Waals surface area (Å²) in [5.41, 5.74) is 1.33. The van der Waals surface area contributed by atoms with Gasteiger partial charge in [-0.05, 0) is 38.1 Å². The Morgan fingerprint density at radius 3 is 2.68 bits per heavy atom. The van der Waals surface area contributed by atoms with Crippen molar-refractivity contribution in [3.63, 3.8) is 0 Å². The first-order valence-electron chi connectivity index (χ1n) is 8.89. The number of hydrogen-bond acceptors (Lipinski definition) is 5. The van der Waals surface area contributed by atoms with E-state index in [9.17, 15) is 18.8 Å². The van der Waals surface area contributed by atoms with Crippen LogP contribution in [0.3, 0.4) is 0 Å². The number of fused-ring (bicyclic) bond motifs is 1. The number of benzene rings is 1. The highest BCUT2D eigenvalue weighted by Gasteiger charge is 2.28. The fourth-order valence-corrected chi connectivity index (χ4v) is 4.02. The van der Waals surface area contributed by atoms with Crippen molar-refractivity contribution < 1.29 is 23.5 Å². The van der Waals surface area contributed by atoms with Crippen LogP contribution < -0.4 is 15.4 Å². The van der Waals surface area contributed by atoms with Crippen molar-refractivity contribution >= 4 is 28.9 Å². The van der Waals surface area contributed by atoms with E-state index in [-0.39, 0.29) is 36.1 Å². The van der Waals surface area contributed by atoms with E-state index in [2.05, 4.69) is 10.6 Å². The van der Waals surface area contributed by atoms with Crippen LogP contribution in [0.25, 0.3) is 10.4 Å². The second kappa shape index (κ2) is 8.10. The maximum absolute atomic E-state index is 14.1. The van der Waals surface area contributed by atoms with E-state index in [1.165, 1.54) is 37.3 Å². The average molecular weight is 404 g/mol. The summed E-state index contributed by atoms with van der Waals surface area (Å²) in [7, 11) is 0. The molecule has 1 aromatic heterocycles. The van der Waals surface area contributed by atoms with Gasteiger partial charge in [0.05, 0.1) is 11.4 Å². The van der Waals surface area contributed by atoms with Gasteiger partial charge in [-0.1, -0.05) is 0 Å². The summed E-state index contributed by atoms with van der Waals surface area (Å²) < 4.78 is 20.1. The average Bonchev–Trinajstić information content (AvgIpc) is 3.25. The van der Waals surface area contributed by atoms with Crippen molar-refractivity contribution in [1.82, 2.24) is 10.6 Å². The van der Waals surface area contributed by atoms with Gasteiger partial charge in [-0.3, -0.25) is 14.4 Å². The quantitative estimate of drug-likeness (QED) is 0.725. The van der Waals surface area contributed by atoms with Crippen LogP contribution in [0, 0.1) is 5.82 Å². The Kier molecular flexibility index (Phi) is 5.79. The Balaban J connectivity index is 1.72. The van der Waals surface area contributed by atoms with Gasteiger partial charge >= 0.3 is 0 Å². The second-order valence-electron chi connectivity index (χ2n) is 6.77. The first-order valence-corrected chi connectivity index (χ1v) is 9.71. The van der Waals surface area contributed by atoms with Gasteiger partial charge in [-0.15, -0.1) is 11.3 Å². The first kappa shape index (κ1) is 20.0. The minimum atomic E-state index is -0.648. The van der Waals surface area contributed by atoms with Gasteiger partial charge in [0, 0.05) is 29.3 Å². The van der Waals surface area contributed by atoms with Crippen molar-refractivity contribution in [2.75, 3.05) is 6.54 Å². The Bertz CT molecular complexity index is 940. The van der Waals surface area contributed by atoms with Gasteiger partial charge in [0.15, 0.2) is 5.78 Å². The Morgan fingerprint density at radius 1 is 1.29 bits per heavy atom. The normalized spacial score (nSPS) is 16.1. The lowest BCUT2D eigenvalue weighted by Gasteiger charge is -2.16. The van der Waals surface area contributed by atoms with Crippen molar-refractivity contribution in [2.45, 2.75) is 39.3 Å². The number of rotatable bonds is 6. The predicted molar refractivity (Wildman–Crippen MR) is 104 cm³/mol. The summed E-state index contributed by atoms with van der Waals surface area (Å²) in [6, 6.07) is 5.68. The number of amides is 2. The minimum absolute atomic E-state index is 0.0425. The SMILES string of the molecule is CC(=O)N[C@@H](C)C(=O)NCC1Cc2cc(F)cc(-c3ccc(C(C)=O)s3)c2O1. The van der Waals surface area contributed by atoms with Gasteiger partial charge < -0.3 is 15.4 Å². The molecule has 0 bridgehead atoms. The molecule has 0 saturated carbocycles. The second-order valence-corrected chi connectivity index (χ2v) is 7.86. The third kappa shape index (κ3) is 4.39. The van der Waals surface area contributed by atoms with Crippen molar-refractivity contribution in [3.05, 3.63) is 40.5 Å². The summed E-state index contributed by atoms with van der Waals surface area (Å²) in [5.74, 6) is -0.440. The van der Waals surface area contributed by atoms with E-state index in [1.54, 1.807) is 19.1 Å². The lowest BCUT2D eigenvalue weighted by Crippen LogP contribution is -2.46. The molecule has 2 atom stereocenters. The number of carbonyl (C=O) groups excluding carboxylic acids is 3. The molecule has 0 fully saturated rings. The van der Waals surface area contributed by atoms with Crippen molar-refractivity contribution in [3.8, 4) is 16.2 Å². The zero-order valence-corrected chi connectivity index (χ0v) is 16.6. The highest BCUT2D eigenvalue weighted by Crippen LogP contribution is 2.42. The zero-order valence-electron chi connectivity index (χ0n) is 15.8. The number of ether oxygens (including phenoxy) is 1. The highest BCUT2D eigenvalue weighted by molar-refractivity contribution is 7.17. The molecule has 6 nitrogen and oxygen atoms in total. The van der Waals surface area contributed by atoms with Gasteiger partial charge in [0.2, 0.25) is 11.8 Å². The summed E-state index contributed by atoms with van der Waals surface area (Å²) in [5, 5.41) is 5.26. The zero-order chi connectivity index (χ0) is 20.4. The van der Waals surface area contributed by atoms with E-state index in [4.69, 9.17) is 4.74 Å². The van der Waals surface area contributed by atoms with Crippen molar-refractivity contribution in [2.24, 2.45) is 0 Å². The summed E-state index contributed by atoms with van der Waals surface area (Å²) >= 11 is 1.29. The van der Waals surface area contributed by atoms with Gasteiger partial charge in [-0.2, -0.15) is 0 Å². The fourth-order valence-electron chi connectivity index (χ4n) is 3.10. The summed E-state index contributed by atoms with van der Waals surface area (Å²) in [6.07, 6.45) is 0.121. The molecular formula is C20H21FN2O4S. The maximum Gasteiger partial charge on any atom is 0.242 e. The first-order chi connectivity index (χ1) is 13.2. The summed E-state index contributed by atoms with van der Waals surface area (Å²) in [4.78, 5) is 36.0. The van der Waals surface area contributed by atoms with Crippen LogP contribution in [0.5, 0.6) is 5.75 Å². The molecule has 8 heteroatoms. The molecule has 1 unspecified atom stereocenters. The molecule has 0 spiro atoms. The Morgan fingerprint density at radius 2 is 2.04 bits per heavy atom. The topological polar surface area (TPSA) is 84.5 Å². The highest BCUT2D eigenvalue weighted by atomic mass is 32.1. The van der Waals surface area contributed by atoms with Gasteiger partial charge in [0.1, 0.15) is 23.7 Å². The molecule has 0 saturated heterocycles. The molecule has 1 aliphatic heterocycles. The number of hydrogen-bond donors (Lipinski definition) is 2. The summed E-state index contributed by atoms with van der Waals surface area (Å²) in [6.45, 7) is 4.67. The van der Waals surface area contributed by atoms with Crippen LogP contribution in [0.4, 0.5) is 4.39 Å². The molecule has 3 rings (SSSR count). The largest absolute Gasteiger partial charge is 0.487 e. The lowest BCUT2D eigenvalue weighted by molar-refractivity contribution is -0.127.